The number of anilines is 2. The molecule has 7 heteroatoms. The van der Waals surface area contributed by atoms with Gasteiger partial charge in [-0.25, -0.2) is 0 Å². The van der Waals surface area contributed by atoms with Crippen molar-refractivity contribution in [2.45, 2.75) is 19.9 Å². The topological polar surface area (TPSA) is 61.8 Å². The van der Waals surface area contributed by atoms with Gasteiger partial charge in [0.25, 0.3) is 0 Å². The van der Waals surface area contributed by atoms with Crippen molar-refractivity contribution in [1.82, 2.24) is 14.9 Å². The van der Waals surface area contributed by atoms with E-state index in [9.17, 15) is 4.79 Å². The van der Waals surface area contributed by atoms with E-state index in [4.69, 9.17) is 14.7 Å². The number of nitrogens with zero attached hydrogens (tertiary/aromatic N) is 5. The molecule has 0 N–H and O–H groups in total. The third kappa shape index (κ3) is 3.99. The maximum Gasteiger partial charge on any atom is 0.318 e. The molecule has 0 spiro atoms. The Bertz CT molecular complexity index is 1220. The largest absolute Gasteiger partial charge is 0.467 e. The molecule has 0 saturated carbocycles. The summed E-state index contributed by atoms with van der Waals surface area (Å²) in [5.74, 6) is 0.925. The summed E-state index contributed by atoms with van der Waals surface area (Å²) in [4.78, 5) is 27.9. The van der Waals surface area contributed by atoms with Crippen molar-refractivity contribution in [2.24, 2.45) is 0 Å². The first kappa shape index (κ1) is 21.2. The molecule has 0 aliphatic carbocycles. The summed E-state index contributed by atoms with van der Waals surface area (Å²) in [7, 11) is 1.61. The highest BCUT2D eigenvalue weighted by atomic mass is 16.5. The fourth-order valence-corrected chi connectivity index (χ4v) is 4.86. The molecule has 0 atom stereocenters. The van der Waals surface area contributed by atoms with Gasteiger partial charge in [0.15, 0.2) is 0 Å². The molecule has 3 aromatic rings. The van der Waals surface area contributed by atoms with Crippen LogP contribution in [0.15, 0.2) is 49.1 Å². The minimum Gasteiger partial charge on any atom is -0.467 e. The van der Waals surface area contributed by atoms with Crippen LogP contribution in [-0.4, -0.2) is 60.6 Å². The van der Waals surface area contributed by atoms with Crippen molar-refractivity contribution < 1.29 is 9.53 Å². The molecule has 0 bridgehead atoms. The van der Waals surface area contributed by atoms with Gasteiger partial charge in [0, 0.05) is 49.4 Å². The Hall–Kier alpha value is -3.61. The van der Waals surface area contributed by atoms with Crippen LogP contribution in [0.5, 0.6) is 6.01 Å². The predicted octanol–water partition coefficient (Wildman–Crippen LogP) is 3.34. The molecule has 0 unspecified atom stereocenters. The number of aromatic nitrogens is 2. The molecular formula is C26H29N5O2. The highest BCUT2D eigenvalue weighted by Gasteiger charge is 2.28. The summed E-state index contributed by atoms with van der Waals surface area (Å²) in [6.07, 6.45) is 2.25. The zero-order valence-electron chi connectivity index (χ0n) is 19.3. The van der Waals surface area contributed by atoms with E-state index >= 15 is 0 Å². The van der Waals surface area contributed by atoms with Crippen LogP contribution in [0.2, 0.25) is 0 Å². The maximum atomic E-state index is 12.0. The second-order valence-corrected chi connectivity index (χ2v) is 8.65. The van der Waals surface area contributed by atoms with Gasteiger partial charge in [-0.2, -0.15) is 9.97 Å². The molecule has 0 radical (unpaired) electrons. The first-order valence-corrected chi connectivity index (χ1v) is 11.4. The van der Waals surface area contributed by atoms with Gasteiger partial charge < -0.3 is 19.4 Å². The van der Waals surface area contributed by atoms with E-state index in [2.05, 4.69) is 59.7 Å². The average Bonchev–Trinajstić information content (AvgIpc) is 2.86. The third-order valence-electron chi connectivity index (χ3n) is 6.63. The summed E-state index contributed by atoms with van der Waals surface area (Å²) in [5.41, 5.74) is 4.69. The number of methoxy groups -OCH3 is 1. The molecule has 1 fully saturated rings. The van der Waals surface area contributed by atoms with Crippen LogP contribution >= 0.6 is 0 Å². The number of rotatable bonds is 4. The number of carbonyl (C=O) groups is 1. The fourth-order valence-electron chi connectivity index (χ4n) is 4.86. The molecule has 1 aromatic heterocycles. The molecule has 170 valence electrons. The van der Waals surface area contributed by atoms with Gasteiger partial charge in [0.1, 0.15) is 5.82 Å². The number of ether oxygens (including phenoxy) is 1. The van der Waals surface area contributed by atoms with E-state index in [0.29, 0.717) is 25.6 Å². The lowest BCUT2D eigenvalue weighted by Gasteiger charge is -2.38. The van der Waals surface area contributed by atoms with Crippen LogP contribution in [-0.2, 0) is 17.8 Å². The van der Waals surface area contributed by atoms with Crippen LogP contribution < -0.4 is 14.5 Å². The zero-order valence-corrected chi connectivity index (χ0v) is 19.3. The van der Waals surface area contributed by atoms with Gasteiger partial charge in [-0.3, -0.25) is 4.79 Å². The van der Waals surface area contributed by atoms with Crippen LogP contribution in [0.1, 0.15) is 16.8 Å². The van der Waals surface area contributed by atoms with E-state index in [1.807, 2.05) is 4.90 Å². The highest BCUT2D eigenvalue weighted by molar-refractivity contribution is 5.95. The number of hydrogen-bond donors (Lipinski definition) is 0. The van der Waals surface area contributed by atoms with Crippen molar-refractivity contribution in [2.75, 3.05) is 49.6 Å². The van der Waals surface area contributed by atoms with E-state index in [1.165, 1.54) is 33.7 Å². The van der Waals surface area contributed by atoms with Crippen molar-refractivity contribution in [1.29, 1.82) is 0 Å². The molecule has 1 saturated heterocycles. The quantitative estimate of drug-likeness (QED) is 0.577. The van der Waals surface area contributed by atoms with Crippen LogP contribution in [0.4, 0.5) is 11.5 Å². The minimum absolute atomic E-state index is 0.0158. The summed E-state index contributed by atoms with van der Waals surface area (Å²) in [6.45, 7) is 10.1. The van der Waals surface area contributed by atoms with Crippen molar-refractivity contribution >= 4 is 28.2 Å². The van der Waals surface area contributed by atoms with Gasteiger partial charge in [-0.15, -0.1) is 0 Å². The average molecular weight is 444 g/mol. The molecule has 2 aliphatic heterocycles. The molecule has 5 rings (SSSR count). The number of aryl methyl sites for hydroxylation is 1. The normalized spacial score (nSPS) is 16.0. The highest BCUT2D eigenvalue weighted by Crippen LogP contribution is 2.34. The molecule has 33 heavy (non-hydrogen) atoms. The second-order valence-electron chi connectivity index (χ2n) is 8.65. The van der Waals surface area contributed by atoms with Crippen LogP contribution in [0, 0.1) is 6.92 Å². The molecular weight excluding hydrogens is 414 g/mol. The Morgan fingerprint density at radius 1 is 1.06 bits per heavy atom. The second kappa shape index (κ2) is 8.73. The van der Waals surface area contributed by atoms with Crippen LogP contribution in [0.3, 0.4) is 0 Å². The van der Waals surface area contributed by atoms with Gasteiger partial charge >= 0.3 is 6.01 Å². The van der Waals surface area contributed by atoms with Crippen molar-refractivity contribution in [3.05, 3.63) is 65.9 Å². The summed E-state index contributed by atoms with van der Waals surface area (Å²) in [5, 5.41) is 2.52. The Morgan fingerprint density at radius 2 is 1.88 bits per heavy atom. The lowest BCUT2D eigenvalue weighted by molar-refractivity contribution is -0.126. The smallest absolute Gasteiger partial charge is 0.318 e. The van der Waals surface area contributed by atoms with E-state index in [0.717, 1.165) is 37.6 Å². The molecule has 3 heterocycles. The molecule has 7 nitrogen and oxygen atoms in total. The Morgan fingerprint density at radius 3 is 2.64 bits per heavy atom. The van der Waals surface area contributed by atoms with E-state index < -0.39 is 0 Å². The van der Waals surface area contributed by atoms with Crippen LogP contribution in [0.25, 0.3) is 10.8 Å². The Kier molecular flexibility index (Phi) is 5.62. The lowest BCUT2D eigenvalue weighted by Crippen LogP contribution is -2.49. The van der Waals surface area contributed by atoms with Crippen molar-refractivity contribution in [3.63, 3.8) is 0 Å². The first-order valence-electron chi connectivity index (χ1n) is 11.4. The fraction of sp³-hybridized carbons (Fsp3) is 0.346. The Labute approximate surface area is 194 Å². The number of benzene rings is 2. The molecule has 1 amide bonds. The number of piperazine rings is 1. The predicted molar refractivity (Wildman–Crippen MR) is 131 cm³/mol. The lowest BCUT2D eigenvalue weighted by atomic mass is 10.0. The number of fused-ring (bicyclic) bond motifs is 2. The standard InChI is InChI=1S/C26H29N5O2/c1-4-24(32)29-12-14-30(15-13-29)25-20-10-11-31(17-22(20)27-26(28-25)33-3)23-7-5-6-19-9-8-18(2)16-21(19)23/h4-9,16H,1,10-15,17H2,2-3H3. The zero-order chi connectivity index (χ0) is 22.9. The Balaban J connectivity index is 1.45. The van der Waals surface area contributed by atoms with Gasteiger partial charge in [-0.05, 0) is 36.9 Å². The maximum absolute atomic E-state index is 12.0. The summed E-state index contributed by atoms with van der Waals surface area (Å²) >= 11 is 0. The number of amides is 1. The number of hydrogen-bond acceptors (Lipinski definition) is 6. The minimum atomic E-state index is -0.0158. The molecule has 2 aromatic carbocycles. The van der Waals surface area contributed by atoms with E-state index in [-0.39, 0.29) is 5.91 Å². The first-order chi connectivity index (χ1) is 16.1. The van der Waals surface area contributed by atoms with E-state index in [1.54, 1.807) is 7.11 Å². The molecule has 2 aliphatic rings. The van der Waals surface area contributed by atoms with Gasteiger partial charge in [-0.1, -0.05) is 36.4 Å². The number of carbonyl (C=O) groups excluding carboxylic acids is 1. The van der Waals surface area contributed by atoms with Crippen molar-refractivity contribution in [3.8, 4) is 6.01 Å². The SMILES string of the molecule is C=CC(=O)N1CCN(c2nc(OC)nc3c2CCN(c2cccc4ccc(C)cc24)C3)CC1. The summed E-state index contributed by atoms with van der Waals surface area (Å²) < 4.78 is 5.47. The van der Waals surface area contributed by atoms with Gasteiger partial charge in [0.2, 0.25) is 5.91 Å². The monoisotopic (exact) mass is 443 g/mol. The van der Waals surface area contributed by atoms with Gasteiger partial charge in [0.05, 0.1) is 19.3 Å². The summed E-state index contributed by atoms with van der Waals surface area (Å²) in [6, 6.07) is 13.5. The third-order valence-corrected chi connectivity index (χ3v) is 6.63.